The molecule has 1 atom stereocenters. The van der Waals surface area contributed by atoms with Crippen molar-refractivity contribution in [3.8, 4) is 5.75 Å². The highest BCUT2D eigenvalue weighted by molar-refractivity contribution is 7.89. The Hall–Kier alpha value is -2.39. The van der Waals surface area contributed by atoms with E-state index in [-0.39, 0.29) is 4.90 Å². The molecule has 0 aliphatic heterocycles. The number of benzene rings is 1. The number of nitrogens with one attached hydrogen (secondary N) is 2. The van der Waals surface area contributed by atoms with E-state index < -0.39 is 22.0 Å². The minimum absolute atomic E-state index is 0.0419. The minimum Gasteiger partial charge on any atom is -0.497 e. The molecule has 1 aromatic carbocycles. The first kappa shape index (κ1) is 18.0. The van der Waals surface area contributed by atoms with Crippen molar-refractivity contribution in [3.05, 3.63) is 35.7 Å². The molecule has 0 fully saturated rings. The lowest BCUT2D eigenvalue weighted by atomic mass is 10.3. The number of rotatable bonds is 6. The lowest BCUT2D eigenvalue weighted by Gasteiger charge is -2.14. The number of hydrogen-bond donors (Lipinski definition) is 2. The number of amides is 1. The Labute approximate surface area is 140 Å². The number of hydrogen-bond acceptors (Lipinski definition) is 6. The molecule has 0 unspecified atom stereocenters. The van der Waals surface area contributed by atoms with Gasteiger partial charge in [0.05, 0.1) is 18.0 Å². The zero-order valence-corrected chi connectivity index (χ0v) is 14.6. The second-order valence-electron chi connectivity index (χ2n) is 5.21. The number of carbonyl (C=O) groups excluding carboxylic acids is 1. The smallest absolute Gasteiger partial charge is 0.242 e. The summed E-state index contributed by atoms with van der Waals surface area (Å²) >= 11 is 0. The summed E-state index contributed by atoms with van der Waals surface area (Å²) in [6.45, 7) is 4.79. The van der Waals surface area contributed by atoms with Crippen molar-refractivity contribution in [2.24, 2.45) is 0 Å². The molecule has 0 saturated heterocycles. The maximum absolute atomic E-state index is 12.3. The van der Waals surface area contributed by atoms with Crippen LogP contribution in [0.5, 0.6) is 5.75 Å². The van der Waals surface area contributed by atoms with Crippen molar-refractivity contribution in [1.29, 1.82) is 0 Å². The first-order chi connectivity index (χ1) is 11.2. The molecule has 24 heavy (non-hydrogen) atoms. The molecular weight excluding hydrogens is 334 g/mol. The van der Waals surface area contributed by atoms with Gasteiger partial charge in [-0.15, -0.1) is 0 Å². The maximum Gasteiger partial charge on any atom is 0.242 e. The van der Waals surface area contributed by atoms with Gasteiger partial charge in [0, 0.05) is 0 Å². The Morgan fingerprint density at radius 1 is 1.25 bits per heavy atom. The highest BCUT2D eigenvalue weighted by Crippen LogP contribution is 2.19. The fourth-order valence-corrected chi connectivity index (χ4v) is 3.21. The highest BCUT2D eigenvalue weighted by atomic mass is 32.2. The summed E-state index contributed by atoms with van der Waals surface area (Å²) in [4.78, 5) is 12.2. The monoisotopic (exact) mass is 353 g/mol. The standard InChI is InChI=1S/C15H19N3O5S/c1-9-14(11(3)23-17-9)16-15(19)10(2)18-24(20,21)13-7-5-12(22-4)6-8-13/h5-8,10,18H,1-4H3,(H,16,19)/t10-/m0/s1. The fraction of sp³-hybridized carbons (Fsp3) is 0.333. The number of anilines is 1. The summed E-state index contributed by atoms with van der Waals surface area (Å²) in [5.41, 5.74) is 0.960. The van der Waals surface area contributed by atoms with Gasteiger partial charge in [0.15, 0.2) is 5.76 Å². The van der Waals surface area contributed by atoms with E-state index >= 15 is 0 Å². The van der Waals surface area contributed by atoms with Gasteiger partial charge in [0.25, 0.3) is 0 Å². The van der Waals surface area contributed by atoms with Crippen molar-refractivity contribution in [2.75, 3.05) is 12.4 Å². The lowest BCUT2D eigenvalue weighted by Crippen LogP contribution is -2.41. The fourth-order valence-electron chi connectivity index (χ4n) is 2.00. The van der Waals surface area contributed by atoms with E-state index in [0.717, 1.165) is 0 Å². The van der Waals surface area contributed by atoms with Gasteiger partial charge >= 0.3 is 0 Å². The number of aryl methyl sites for hydroxylation is 2. The van der Waals surface area contributed by atoms with Crippen LogP contribution in [0.3, 0.4) is 0 Å². The molecule has 2 aromatic rings. The van der Waals surface area contributed by atoms with Crippen molar-refractivity contribution < 1.29 is 22.5 Å². The van der Waals surface area contributed by atoms with E-state index in [1.54, 1.807) is 13.8 Å². The predicted molar refractivity (Wildman–Crippen MR) is 87.4 cm³/mol. The molecule has 0 aliphatic carbocycles. The molecule has 0 aliphatic rings. The normalized spacial score (nSPS) is 12.7. The van der Waals surface area contributed by atoms with Crippen molar-refractivity contribution >= 4 is 21.6 Å². The topological polar surface area (TPSA) is 111 Å². The van der Waals surface area contributed by atoms with E-state index in [9.17, 15) is 13.2 Å². The van der Waals surface area contributed by atoms with E-state index in [1.807, 2.05) is 0 Å². The zero-order chi connectivity index (χ0) is 17.9. The van der Waals surface area contributed by atoms with E-state index in [1.165, 1.54) is 38.3 Å². The van der Waals surface area contributed by atoms with Crippen LogP contribution < -0.4 is 14.8 Å². The first-order valence-electron chi connectivity index (χ1n) is 7.14. The van der Waals surface area contributed by atoms with Crippen LogP contribution in [0.15, 0.2) is 33.7 Å². The number of carbonyl (C=O) groups is 1. The van der Waals surface area contributed by atoms with E-state index in [2.05, 4.69) is 15.2 Å². The van der Waals surface area contributed by atoms with Gasteiger partial charge in [0.2, 0.25) is 15.9 Å². The summed E-state index contributed by atoms with van der Waals surface area (Å²) in [7, 11) is -2.35. The van der Waals surface area contributed by atoms with Crippen LogP contribution in [0.25, 0.3) is 0 Å². The van der Waals surface area contributed by atoms with Gasteiger partial charge in [-0.25, -0.2) is 8.42 Å². The predicted octanol–water partition coefficient (Wildman–Crippen LogP) is 1.61. The van der Waals surface area contributed by atoms with Crippen LogP contribution >= 0.6 is 0 Å². The molecule has 130 valence electrons. The number of methoxy groups -OCH3 is 1. The molecule has 0 radical (unpaired) electrons. The van der Waals surface area contributed by atoms with Gasteiger partial charge in [0.1, 0.15) is 17.1 Å². The summed E-state index contributed by atoms with van der Waals surface area (Å²) in [5.74, 6) is 0.477. The first-order valence-corrected chi connectivity index (χ1v) is 8.63. The summed E-state index contributed by atoms with van der Waals surface area (Å²) in [6.07, 6.45) is 0. The number of aromatic nitrogens is 1. The van der Waals surface area contributed by atoms with Crippen molar-refractivity contribution in [1.82, 2.24) is 9.88 Å². The van der Waals surface area contributed by atoms with Crippen molar-refractivity contribution in [2.45, 2.75) is 31.7 Å². The molecule has 1 amide bonds. The largest absolute Gasteiger partial charge is 0.497 e. The van der Waals surface area contributed by atoms with E-state index in [0.29, 0.717) is 22.9 Å². The van der Waals surface area contributed by atoms with Crippen LogP contribution in [0.1, 0.15) is 18.4 Å². The Bertz CT molecular complexity index is 808. The number of sulfonamides is 1. The number of nitrogens with zero attached hydrogens (tertiary/aromatic N) is 1. The quantitative estimate of drug-likeness (QED) is 0.816. The van der Waals surface area contributed by atoms with Crippen LogP contribution in [-0.4, -0.2) is 32.6 Å². The molecule has 0 spiro atoms. The Morgan fingerprint density at radius 3 is 2.38 bits per heavy atom. The zero-order valence-electron chi connectivity index (χ0n) is 13.8. The lowest BCUT2D eigenvalue weighted by molar-refractivity contribution is -0.117. The second kappa shape index (κ2) is 7.02. The molecule has 8 nitrogen and oxygen atoms in total. The van der Waals surface area contributed by atoms with Crippen LogP contribution in [0.4, 0.5) is 5.69 Å². The third-order valence-corrected chi connectivity index (χ3v) is 4.93. The maximum atomic E-state index is 12.3. The van der Waals surface area contributed by atoms with Crippen LogP contribution in [-0.2, 0) is 14.8 Å². The summed E-state index contributed by atoms with van der Waals surface area (Å²) in [6, 6.07) is 4.89. The Balaban J connectivity index is 2.09. The molecule has 2 N–H and O–H groups in total. The molecular formula is C15H19N3O5S. The van der Waals surface area contributed by atoms with Gasteiger partial charge in [-0.3, -0.25) is 4.79 Å². The van der Waals surface area contributed by atoms with Crippen molar-refractivity contribution in [3.63, 3.8) is 0 Å². The van der Waals surface area contributed by atoms with Gasteiger partial charge in [-0.1, -0.05) is 5.16 Å². The van der Waals surface area contributed by atoms with E-state index in [4.69, 9.17) is 9.26 Å². The highest BCUT2D eigenvalue weighted by Gasteiger charge is 2.23. The third kappa shape index (κ3) is 3.92. The minimum atomic E-state index is -3.83. The van der Waals surface area contributed by atoms with Gasteiger partial charge in [-0.05, 0) is 45.0 Å². The van der Waals surface area contributed by atoms with Crippen LogP contribution in [0, 0.1) is 13.8 Å². The average Bonchev–Trinajstić information content (AvgIpc) is 2.86. The molecule has 1 heterocycles. The average molecular weight is 353 g/mol. The Kier molecular flexibility index (Phi) is 5.25. The Morgan fingerprint density at radius 2 is 1.88 bits per heavy atom. The summed E-state index contributed by atoms with van der Waals surface area (Å²) in [5, 5.41) is 6.34. The molecule has 0 saturated carbocycles. The molecule has 0 bridgehead atoms. The molecule has 1 aromatic heterocycles. The van der Waals surface area contributed by atoms with Gasteiger partial charge in [-0.2, -0.15) is 4.72 Å². The van der Waals surface area contributed by atoms with Gasteiger partial charge < -0.3 is 14.6 Å². The summed E-state index contributed by atoms with van der Waals surface area (Å²) < 4.78 is 36.9. The molecule has 2 rings (SSSR count). The SMILES string of the molecule is COc1ccc(S(=O)(=O)N[C@@H](C)C(=O)Nc2c(C)noc2C)cc1. The third-order valence-electron chi connectivity index (χ3n) is 3.38. The van der Waals surface area contributed by atoms with Crippen LogP contribution in [0.2, 0.25) is 0 Å². The second-order valence-corrected chi connectivity index (χ2v) is 6.92. The molecule has 9 heteroatoms. The number of ether oxygens (including phenoxy) is 1.